The van der Waals surface area contributed by atoms with Gasteiger partial charge in [-0.05, 0) is 55.8 Å². The van der Waals surface area contributed by atoms with Gasteiger partial charge in [-0.1, -0.05) is 59.6 Å². The van der Waals surface area contributed by atoms with Crippen molar-refractivity contribution >= 4 is 46.1 Å². The number of allylic oxidation sites excluding steroid dienone is 1. The average Bonchev–Trinajstić information content (AvgIpc) is 2.78. The Kier molecular flexibility index (Phi) is 6.82. The lowest BCUT2D eigenvalue weighted by Crippen LogP contribution is -2.38. The number of halogens is 3. The number of ketones is 1. The van der Waals surface area contributed by atoms with Crippen molar-refractivity contribution < 1.29 is 9.18 Å². The molecule has 0 spiro atoms. The van der Waals surface area contributed by atoms with Gasteiger partial charge >= 0.3 is 0 Å². The summed E-state index contributed by atoms with van der Waals surface area (Å²) in [6.07, 6.45) is 1.82. The molecule has 0 aromatic heterocycles. The van der Waals surface area contributed by atoms with Crippen LogP contribution in [0.25, 0.3) is 0 Å². The number of Topliss-reactive ketones (excluding diaryl/α,β-unsaturated/α-hetero) is 1. The Morgan fingerprint density at radius 1 is 1.00 bits per heavy atom. The van der Waals surface area contributed by atoms with Gasteiger partial charge in [-0.25, -0.2) is 4.39 Å². The number of carbonyl (C=O) groups excluding carboxylic acids is 1. The summed E-state index contributed by atoms with van der Waals surface area (Å²) in [7, 11) is 0. The molecule has 1 unspecified atom stereocenters. The molecule has 0 bridgehead atoms. The van der Waals surface area contributed by atoms with Crippen molar-refractivity contribution in [1.82, 2.24) is 5.01 Å². The monoisotopic (exact) mass is 481 g/mol. The van der Waals surface area contributed by atoms with E-state index in [0.29, 0.717) is 39.4 Å². The van der Waals surface area contributed by atoms with Gasteiger partial charge in [-0.3, -0.25) is 9.80 Å². The molecule has 0 amide bonds. The van der Waals surface area contributed by atoms with E-state index in [-0.39, 0.29) is 5.78 Å². The fourth-order valence-electron chi connectivity index (χ4n) is 3.91. The van der Waals surface area contributed by atoms with Gasteiger partial charge in [0.15, 0.2) is 0 Å². The van der Waals surface area contributed by atoms with Gasteiger partial charge in [0.2, 0.25) is 0 Å². The highest BCUT2D eigenvalue weighted by Crippen LogP contribution is 2.39. The molecule has 0 aliphatic carbocycles. The Morgan fingerprint density at radius 3 is 2.30 bits per heavy atom. The van der Waals surface area contributed by atoms with Crippen LogP contribution in [0.15, 0.2) is 89.8 Å². The number of anilines is 2. The number of nitrogens with zero attached hydrogens (tertiary/aromatic N) is 3. The summed E-state index contributed by atoms with van der Waals surface area (Å²) in [4.78, 5) is 14.9. The minimum Gasteiger partial charge on any atom is -0.311 e. The van der Waals surface area contributed by atoms with Crippen molar-refractivity contribution in [2.75, 3.05) is 11.4 Å². The van der Waals surface area contributed by atoms with Crippen LogP contribution in [0.1, 0.15) is 19.4 Å². The molecule has 1 heterocycles. The van der Waals surface area contributed by atoms with Crippen molar-refractivity contribution in [2.45, 2.75) is 13.8 Å². The van der Waals surface area contributed by atoms with Crippen LogP contribution in [0.3, 0.4) is 0 Å². The second-order valence-corrected chi connectivity index (χ2v) is 8.52. The van der Waals surface area contributed by atoms with Crippen molar-refractivity contribution in [1.29, 1.82) is 0 Å². The summed E-state index contributed by atoms with van der Waals surface area (Å²) in [5.41, 5.74) is 3.24. The van der Waals surface area contributed by atoms with Gasteiger partial charge in [-0.2, -0.15) is 5.10 Å². The predicted molar refractivity (Wildman–Crippen MR) is 133 cm³/mol. The zero-order chi connectivity index (χ0) is 23.5. The summed E-state index contributed by atoms with van der Waals surface area (Å²) in [5, 5.41) is 7.38. The average molecular weight is 482 g/mol. The van der Waals surface area contributed by atoms with E-state index in [1.165, 1.54) is 19.1 Å². The SMILES string of the molecule is CCN1C=C(N(c2cccc(F)c2)c2cc(Cl)cc(Cl)c2)C(C(C)=O)C(c2ccccc2)=N1. The molecule has 1 aliphatic rings. The number of benzene rings is 3. The number of hydrogen-bond acceptors (Lipinski definition) is 4. The van der Waals surface area contributed by atoms with Crippen LogP contribution in [-0.2, 0) is 4.79 Å². The van der Waals surface area contributed by atoms with E-state index in [1.807, 2.05) is 48.4 Å². The van der Waals surface area contributed by atoms with E-state index < -0.39 is 11.7 Å². The third-order valence-corrected chi connectivity index (χ3v) is 5.75. The maximum atomic E-state index is 14.3. The minimum absolute atomic E-state index is 0.0888. The molecule has 1 aliphatic heterocycles. The van der Waals surface area contributed by atoms with Crippen LogP contribution < -0.4 is 4.90 Å². The molecule has 0 saturated carbocycles. The van der Waals surface area contributed by atoms with E-state index >= 15 is 0 Å². The van der Waals surface area contributed by atoms with Crippen LogP contribution in [0.2, 0.25) is 10.0 Å². The summed E-state index contributed by atoms with van der Waals surface area (Å²) < 4.78 is 14.3. The first-order valence-electron chi connectivity index (χ1n) is 10.5. The molecule has 3 aromatic carbocycles. The first kappa shape index (κ1) is 23.0. The summed E-state index contributed by atoms with van der Waals surface area (Å²) in [6, 6.07) is 20.9. The fraction of sp³-hybridized carbons (Fsp3) is 0.154. The Morgan fingerprint density at radius 2 is 1.70 bits per heavy atom. The molecule has 4 nitrogen and oxygen atoms in total. The molecule has 0 N–H and O–H groups in total. The van der Waals surface area contributed by atoms with Crippen LogP contribution in [0.4, 0.5) is 15.8 Å². The van der Waals surface area contributed by atoms with Gasteiger partial charge in [0.05, 0.1) is 11.4 Å². The maximum absolute atomic E-state index is 14.3. The lowest BCUT2D eigenvalue weighted by molar-refractivity contribution is -0.118. The van der Waals surface area contributed by atoms with Gasteiger partial charge in [-0.15, -0.1) is 0 Å². The Labute approximate surface area is 202 Å². The molecule has 168 valence electrons. The Hall–Kier alpha value is -3.15. The van der Waals surface area contributed by atoms with Crippen LogP contribution in [0.5, 0.6) is 0 Å². The van der Waals surface area contributed by atoms with E-state index in [0.717, 1.165) is 5.56 Å². The van der Waals surface area contributed by atoms with Crippen LogP contribution in [-0.4, -0.2) is 23.0 Å². The van der Waals surface area contributed by atoms with Gasteiger partial charge < -0.3 is 4.90 Å². The number of carbonyl (C=O) groups is 1. The molecule has 0 saturated heterocycles. The van der Waals surface area contributed by atoms with E-state index in [1.54, 1.807) is 35.3 Å². The maximum Gasteiger partial charge on any atom is 0.144 e. The molecule has 33 heavy (non-hydrogen) atoms. The highest BCUT2D eigenvalue weighted by Gasteiger charge is 2.35. The predicted octanol–water partition coefficient (Wildman–Crippen LogP) is 7.06. The number of hydrogen-bond donors (Lipinski definition) is 0. The molecule has 0 fully saturated rings. The lowest BCUT2D eigenvalue weighted by atomic mass is 9.88. The number of rotatable bonds is 6. The van der Waals surface area contributed by atoms with Gasteiger partial charge in [0.25, 0.3) is 0 Å². The fourth-order valence-corrected chi connectivity index (χ4v) is 4.42. The first-order valence-corrected chi connectivity index (χ1v) is 11.3. The van der Waals surface area contributed by atoms with Crippen LogP contribution in [0, 0.1) is 11.7 Å². The quantitative estimate of drug-likeness (QED) is 0.378. The van der Waals surface area contributed by atoms with Crippen molar-refractivity contribution in [3.63, 3.8) is 0 Å². The first-order chi connectivity index (χ1) is 15.9. The molecular formula is C26H22Cl2FN3O. The molecule has 7 heteroatoms. The largest absolute Gasteiger partial charge is 0.311 e. The highest BCUT2D eigenvalue weighted by atomic mass is 35.5. The summed E-state index contributed by atoms with van der Waals surface area (Å²) in [5.74, 6) is -1.17. The Balaban J connectivity index is 1.96. The third-order valence-electron chi connectivity index (χ3n) is 5.32. The topological polar surface area (TPSA) is 35.9 Å². The van der Waals surface area contributed by atoms with Gasteiger partial charge in [0.1, 0.15) is 17.5 Å². The Bertz CT molecular complexity index is 1220. The van der Waals surface area contributed by atoms with E-state index in [9.17, 15) is 9.18 Å². The minimum atomic E-state index is -0.684. The van der Waals surface area contributed by atoms with Crippen LogP contribution >= 0.6 is 23.2 Å². The molecule has 3 aromatic rings. The van der Waals surface area contributed by atoms with Gasteiger partial charge in [0, 0.05) is 34.2 Å². The van der Waals surface area contributed by atoms with E-state index in [2.05, 4.69) is 0 Å². The molecule has 4 rings (SSSR count). The second kappa shape index (κ2) is 9.77. The smallest absolute Gasteiger partial charge is 0.144 e. The summed E-state index contributed by atoms with van der Waals surface area (Å²) in [6.45, 7) is 4.09. The molecule has 1 atom stereocenters. The van der Waals surface area contributed by atoms with Crippen molar-refractivity contribution in [2.24, 2.45) is 11.0 Å². The highest BCUT2D eigenvalue weighted by molar-refractivity contribution is 6.35. The zero-order valence-corrected chi connectivity index (χ0v) is 19.7. The lowest BCUT2D eigenvalue weighted by Gasteiger charge is -2.36. The van der Waals surface area contributed by atoms with Crippen molar-refractivity contribution in [3.05, 3.63) is 106 Å². The third kappa shape index (κ3) is 4.95. The van der Waals surface area contributed by atoms with Crippen molar-refractivity contribution in [3.8, 4) is 0 Å². The standard InChI is InChI=1S/C26H22Cl2FN3O/c1-3-31-16-24(25(17(2)33)26(30-31)18-8-5-4-6-9-18)32(22-11-7-10-21(29)15-22)23-13-19(27)12-20(28)14-23/h4-16,25H,3H2,1-2H3. The normalized spacial score (nSPS) is 15.7. The zero-order valence-electron chi connectivity index (χ0n) is 18.2. The summed E-state index contributed by atoms with van der Waals surface area (Å²) >= 11 is 12.7. The second-order valence-electron chi connectivity index (χ2n) is 7.65. The number of hydrazone groups is 1. The molecular weight excluding hydrogens is 460 g/mol. The van der Waals surface area contributed by atoms with E-state index in [4.69, 9.17) is 28.3 Å². The molecule has 0 radical (unpaired) electrons.